The van der Waals surface area contributed by atoms with E-state index in [0.29, 0.717) is 55.0 Å². The molecule has 0 radical (unpaired) electrons. The highest BCUT2D eigenvalue weighted by Crippen LogP contribution is 2.44. The van der Waals surface area contributed by atoms with E-state index in [-0.39, 0.29) is 35.6 Å². The lowest BCUT2D eigenvalue weighted by molar-refractivity contribution is -0.136. The number of hydrogen-bond acceptors (Lipinski definition) is 6. The number of fused-ring (bicyclic) bond motifs is 5. The highest BCUT2D eigenvalue weighted by molar-refractivity contribution is 5.93. The largest absolute Gasteiger partial charge is 0.487 e. The molecule has 2 aliphatic heterocycles. The molecule has 2 N–H and O–H groups in total. The van der Waals surface area contributed by atoms with Gasteiger partial charge in [0.15, 0.2) is 6.61 Å². The van der Waals surface area contributed by atoms with Gasteiger partial charge >= 0.3 is 5.63 Å². The molecule has 5 rings (SSSR count). The standard InChI is InChI=1S/C25H30N2O6/c1-25(2)9-6-17-18(33-25)12-19(21-15-4-3-5-16(15)24(30)32-22(17)21)31-13-20(28)27-10-7-14(8-11-27)23(26)29/h12,14H,3-11,13H2,1-2H3,(H2,26,29). The fourth-order valence-corrected chi connectivity index (χ4v) is 5.31. The van der Waals surface area contributed by atoms with Crippen molar-refractivity contribution < 1.29 is 23.5 Å². The van der Waals surface area contributed by atoms with Crippen LogP contribution in [0.3, 0.4) is 0 Å². The molecule has 176 valence electrons. The molecule has 3 heterocycles. The van der Waals surface area contributed by atoms with Gasteiger partial charge in [-0.2, -0.15) is 0 Å². The molecule has 1 aromatic carbocycles. The molecule has 0 bridgehead atoms. The summed E-state index contributed by atoms with van der Waals surface area (Å²) in [5, 5.41) is 0.796. The van der Waals surface area contributed by atoms with Crippen LogP contribution in [0, 0.1) is 5.92 Å². The van der Waals surface area contributed by atoms with Gasteiger partial charge in [0.2, 0.25) is 5.91 Å². The number of carbonyl (C=O) groups is 2. The predicted molar refractivity (Wildman–Crippen MR) is 122 cm³/mol. The summed E-state index contributed by atoms with van der Waals surface area (Å²) in [6.07, 6.45) is 5.08. The summed E-state index contributed by atoms with van der Waals surface area (Å²) in [5.74, 6) is 0.537. The van der Waals surface area contributed by atoms with Gasteiger partial charge in [-0.05, 0) is 64.4 Å². The van der Waals surface area contributed by atoms with Gasteiger partial charge in [-0.3, -0.25) is 9.59 Å². The van der Waals surface area contributed by atoms with Gasteiger partial charge in [-0.1, -0.05) is 0 Å². The highest BCUT2D eigenvalue weighted by atomic mass is 16.5. The lowest BCUT2D eigenvalue weighted by atomic mass is 9.91. The van der Waals surface area contributed by atoms with Crippen molar-refractivity contribution in [3.63, 3.8) is 0 Å². The fraction of sp³-hybridized carbons (Fsp3) is 0.560. The average molecular weight is 455 g/mol. The Labute approximate surface area is 192 Å². The molecular formula is C25H30N2O6. The molecule has 1 fully saturated rings. The van der Waals surface area contributed by atoms with Crippen LogP contribution in [0.4, 0.5) is 0 Å². The molecule has 0 unspecified atom stereocenters. The maximum atomic E-state index is 12.8. The Morgan fingerprint density at radius 1 is 1.15 bits per heavy atom. The molecule has 0 spiro atoms. The third kappa shape index (κ3) is 3.96. The van der Waals surface area contributed by atoms with Crippen molar-refractivity contribution in [2.45, 2.75) is 64.4 Å². The second kappa shape index (κ2) is 8.08. The van der Waals surface area contributed by atoms with Crippen LogP contribution in [0.1, 0.15) is 56.2 Å². The number of aryl methyl sites for hydroxylation is 2. The summed E-state index contributed by atoms with van der Waals surface area (Å²) in [7, 11) is 0. The topological polar surface area (TPSA) is 112 Å². The zero-order chi connectivity index (χ0) is 23.3. The highest BCUT2D eigenvalue weighted by Gasteiger charge is 2.33. The molecule has 1 aromatic heterocycles. The van der Waals surface area contributed by atoms with E-state index >= 15 is 0 Å². The third-order valence-corrected chi connectivity index (χ3v) is 7.23. The lowest BCUT2D eigenvalue weighted by Gasteiger charge is -2.33. The number of primary amides is 1. The maximum absolute atomic E-state index is 12.8. The zero-order valence-electron chi connectivity index (χ0n) is 19.2. The summed E-state index contributed by atoms with van der Waals surface area (Å²) < 4.78 is 18.1. The Hall–Kier alpha value is -3.03. The van der Waals surface area contributed by atoms with E-state index in [1.54, 1.807) is 4.90 Å². The van der Waals surface area contributed by atoms with Gasteiger partial charge in [0.25, 0.3) is 5.91 Å². The normalized spacial score (nSPS) is 19.6. The summed E-state index contributed by atoms with van der Waals surface area (Å²) in [5.41, 5.74) is 7.88. The van der Waals surface area contributed by atoms with E-state index in [2.05, 4.69) is 0 Å². The number of benzene rings is 1. The minimum atomic E-state index is -0.338. The van der Waals surface area contributed by atoms with E-state index in [1.165, 1.54) is 0 Å². The molecule has 0 saturated carbocycles. The van der Waals surface area contributed by atoms with Crippen LogP contribution in [0.2, 0.25) is 0 Å². The Morgan fingerprint density at radius 2 is 1.88 bits per heavy atom. The molecule has 0 atom stereocenters. The third-order valence-electron chi connectivity index (χ3n) is 7.23. The van der Waals surface area contributed by atoms with Crippen LogP contribution in [0.25, 0.3) is 11.0 Å². The van der Waals surface area contributed by atoms with Gasteiger partial charge in [-0.15, -0.1) is 0 Å². The van der Waals surface area contributed by atoms with Crippen LogP contribution in [-0.4, -0.2) is 42.0 Å². The van der Waals surface area contributed by atoms with Crippen LogP contribution in [0.15, 0.2) is 15.3 Å². The zero-order valence-corrected chi connectivity index (χ0v) is 19.2. The fourth-order valence-electron chi connectivity index (χ4n) is 5.31. The van der Waals surface area contributed by atoms with E-state index in [9.17, 15) is 14.4 Å². The number of likely N-dealkylation sites (tertiary alicyclic amines) is 1. The van der Waals surface area contributed by atoms with Crippen molar-refractivity contribution in [1.82, 2.24) is 4.90 Å². The van der Waals surface area contributed by atoms with Crippen LogP contribution in [-0.2, 0) is 28.9 Å². The van der Waals surface area contributed by atoms with E-state index < -0.39 is 0 Å². The number of nitrogens with two attached hydrogens (primary N) is 1. The Kier molecular flexibility index (Phi) is 5.34. The number of rotatable bonds is 4. The van der Waals surface area contributed by atoms with Crippen molar-refractivity contribution in [1.29, 1.82) is 0 Å². The number of carbonyl (C=O) groups excluding carboxylic acids is 2. The first-order chi connectivity index (χ1) is 15.7. The molecular weight excluding hydrogens is 424 g/mol. The summed E-state index contributed by atoms with van der Waals surface area (Å²) in [4.78, 5) is 38.6. The van der Waals surface area contributed by atoms with Crippen molar-refractivity contribution in [2.24, 2.45) is 11.7 Å². The monoisotopic (exact) mass is 454 g/mol. The lowest BCUT2D eigenvalue weighted by Crippen LogP contribution is -2.43. The summed E-state index contributed by atoms with van der Waals surface area (Å²) >= 11 is 0. The van der Waals surface area contributed by atoms with Crippen molar-refractivity contribution in [2.75, 3.05) is 19.7 Å². The van der Waals surface area contributed by atoms with Gasteiger partial charge < -0.3 is 24.5 Å². The van der Waals surface area contributed by atoms with Crippen molar-refractivity contribution in [3.8, 4) is 11.5 Å². The van der Waals surface area contributed by atoms with Gasteiger partial charge in [0.05, 0.1) is 5.39 Å². The van der Waals surface area contributed by atoms with Crippen molar-refractivity contribution in [3.05, 3.63) is 33.2 Å². The number of piperidine rings is 1. The van der Waals surface area contributed by atoms with Crippen molar-refractivity contribution >= 4 is 22.8 Å². The first-order valence-corrected chi connectivity index (χ1v) is 11.8. The van der Waals surface area contributed by atoms with Crippen LogP contribution in [0.5, 0.6) is 11.5 Å². The number of nitrogens with zero attached hydrogens (tertiary/aromatic N) is 1. The first kappa shape index (κ1) is 21.8. The molecule has 8 nitrogen and oxygen atoms in total. The second-order valence-corrected chi connectivity index (χ2v) is 9.96. The van der Waals surface area contributed by atoms with E-state index in [0.717, 1.165) is 42.2 Å². The number of hydrogen-bond donors (Lipinski definition) is 1. The molecule has 8 heteroatoms. The summed E-state index contributed by atoms with van der Waals surface area (Å²) in [6, 6.07) is 1.85. The average Bonchev–Trinajstić information content (AvgIpc) is 3.27. The molecule has 2 aromatic rings. The number of amides is 2. The van der Waals surface area contributed by atoms with Crippen LogP contribution < -0.4 is 20.8 Å². The maximum Gasteiger partial charge on any atom is 0.339 e. The SMILES string of the molecule is CC1(C)CCc2c(cc(OCC(=O)N3CCC(C(N)=O)CC3)c3c4c(c(=O)oc23)CCC4)O1. The Morgan fingerprint density at radius 3 is 2.61 bits per heavy atom. The van der Waals surface area contributed by atoms with Gasteiger partial charge in [0, 0.05) is 36.2 Å². The predicted octanol–water partition coefficient (Wildman–Crippen LogP) is 2.49. The molecule has 33 heavy (non-hydrogen) atoms. The quantitative estimate of drug-likeness (QED) is 0.711. The second-order valence-electron chi connectivity index (χ2n) is 9.96. The Balaban J connectivity index is 1.46. The van der Waals surface area contributed by atoms with E-state index in [4.69, 9.17) is 19.6 Å². The minimum absolute atomic E-state index is 0.133. The first-order valence-electron chi connectivity index (χ1n) is 11.8. The Bertz CT molecular complexity index is 1190. The smallest absolute Gasteiger partial charge is 0.339 e. The van der Waals surface area contributed by atoms with Gasteiger partial charge in [-0.25, -0.2) is 4.79 Å². The molecule has 1 saturated heterocycles. The molecule has 3 aliphatic rings. The number of ether oxygens (including phenoxy) is 2. The summed E-state index contributed by atoms with van der Waals surface area (Å²) in [6.45, 7) is 4.90. The molecule has 2 amide bonds. The molecule has 1 aliphatic carbocycles. The van der Waals surface area contributed by atoms with E-state index in [1.807, 2.05) is 19.9 Å². The van der Waals surface area contributed by atoms with Crippen LogP contribution >= 0.6 is 0 Å². The van der Waals surface area contributed by atoms with Gasteiger partial charge in [0.1, 0.15) is 22.7 Å². The minimum Gasteiger partial charge on any atom is -0.487 e.